The first kappa shape index (κ1) is 9.52. The summed E-state index contributed by atoms with van der Waals surface area (Å²) in [6.07, 6.45) is 1.55. The highest BCUT2D eigenvalue weighted by atomic mass is 16.3. The molecule has 3 nitrogen and oxygen atoms in total. The maximum atomic E-state index is 9.58. The zero-order valence-corrected chi connectivity index (χ0v) is 8.31. The quantitative estimate of drug-likeness (QED) is 0.697. The van der Waals surface area contributed by atoms with Crippen LogP contribution in [0.5, 0.6) is 5.75 Å². The molecule has 0 aliphatic heterocycles. The predicted octanol–water partition coefficient (Wildman–Crippen LogP) is 2.86. The molecule has 0 radical (unpaired) electrons. The number of aromatic hydroxyl groups is 1. The standard InChI is InChI=1S/C12H11NO2/c1-8(14)7-10-6-5-9-3-2-4-11(15)12(9)13-10/h2-7,14-15H,1H3/b8-7-. The van der Waals surface area contributed by atoms with Gasteiger partial charge in [-0.15, -0.1) is 0 Å². The minimum atomic E-state index is 0.151. The number of phenolic OH excluding ortho intramolecular Hbond substituents is 1. The maximum Gasteiger partial charge on any atom is 0.141 e. The Balaban J connectivity index is 2.65. The molecule has 76 valence electrons. The minimum absolute atomic E-state index is 0.151. The molecule has 0 saturated carbocycles. The fourth-order valence-corrected chi connectivity index (χ4v) is 1.44. The molecule has 0 amide bonds. The van der Waals surface area contributed by atoms with Crippen molar-refractivity contribution in [2.75, 3.05) is 0 Å². The van der Waals surface area contributed by atoms with E-state index in [9.17, 15) is 5.11 Å². The van der Waals surface area contributed by atoms with Crippen molar-refractivity contribution in [2.24, 2.45) is 0 Å². The lowest BCUT2D eigenvalue weighted by atomic mass is 10.2. The highest BCUT2D eigenvalue weighted by Gasteiger charge is 2.01. The number of nitrogens with zero attached hydrogens (tertiary/aromatic N) is 1. The highest BCUT2D eigenvalue weighted by molar-refractivity contribution is 5.85. The van der Waals surface area contributed by atoms with E-state index < -0.39 is 0 Å². The van der Waals surface area contributed by atoms with E-state index in [1.807, 2.05) is 12.1 Å². The first-order valence-corrected chi connectivity index (χ1v) is 4.63. The van der Waals surface area contributed by atoms with Crippen LogP contribution in [0.25, 0.3) is 17.0 Å². The molecule has 15 heavy (non-hydrogen) atoms. The van der Waals surface area contributed by atoms with Gasteiger partial charge in [-0.25, -0.2) is 4.98 Å². The fraction of sp³-hybridized carbons (Fsp3) is 0.0833. The molecule has 2 rings (SSSR count). The molecule has 0 atom stereocenters. The Kier molecular flexibility index (Phi) is 2.29. The predicted molar refractivity (Wildman–Crippen MR) is 59.7 cm³/mol. The summed E-state index contributed by atoms with van der Waals surface area (Å²) in [5.41, 5.74) is 1.18. The van der Waals surface area contributed by atoms with Crippen LogP contribution in [0.15, 0.2) is 36.1 Å². The number of hydrogen-bond donors (Lipinski definition) is 2. The number of phenols is 1. The van der Waals surface area contributed by atoms with Crippen LogP contribution in [0, 0.1) is 0 Å². The van der Waals surface area contributed by atoms with Crippen molar-refractivity contribution in [1.82, 2.24) is 4.98 Å². The van der Waals surface area contributed by atoms with E-state index in [1.165, 1.54) is 0 Å². The number of rotatable bonds is 1. The van der Waals surface area contributed by atoms with Crippen LogP contribution in [0.2, 0.25) is 0 Å². The zero-order valence-electron chi connectivity index (χ0n) is 8.31. The number of pyridine rings is 1. The van der Waals surface area contributed by atoms with Gasteiger partial charge in [-0.1, -0.05) is 18.2 Å². The number of aliphatic hydroxyl groups is 1. The van der Waals surface area contributed by atoms with Crippen molar-refractivity contribution in [1.29, 1.82) is 0 Å². The van der Waals surface area contributed by atoms with Crippen LogP contribution in [-0.2, 0) is 0 Å². The molecule has 0 fully saturated rings. The van der Waals surface area contributed by atoms with Crippen molar-refractivity contribution in [3.63, 3.8) is 0 Å². The summed E-state index contributed by atoms with van der Waals surface area (Å²) < 4.78 is 0. The second kappa shape index (κ2) is 3.61. The molecule has 0 saturated heterocycles. The molecule has 0 aliphatic carbocycles. The van der Waals surface area contributed by atoms with Gasteiger partial charge in [0, 0.05) is 11.5 Å². The van der Waals surface area contributed by atoms with E-state index in [1.54, 1.807) is 31.2 Å². The summed E-state index contributed by atoms with van der Waals surface area (Å²) >= 11 is 0. The van der Waals surface area contributed by atoms with Gasteiger partial charge in [0.2, 0.25) is 0 Å². The lowest BCUT2D eigenvalue weighted by Gasteiger charge is -2.01. The second-order valence-electron chi connectivity index (χ2n) is 3.37. The monoisotopic (exact) mass is 201 g/mol. The van der Waals surface area contributed by atoms with E-state index >= 15 is 0 Å². The van der Waals surface area contributed by atoms with Gasteiger partial charge in [-0.2, -0.15) is 0 Å². The molecule has 0 spiro atoms. The minimum Gasteiger partial charge on any atom is -0.513 e. The van der Waals surface area contributed by atoms with Crippen LogP contribution >= 0.6 is 0 Å². The highest BCUT2D eigenvalue weighted by Crippen LogP contribution is 2.22. The van der Waals surface area contributed by atoms with Gasteiger partial charge in [0.25, 0.3) is 0 Å². The van der Waals surface area contributed by atoms with Gasteiger partial charge in [0.05, 0.1) is 11.5 Å². The lowest BCUT2D eigenvalue weighted by molar-refractivity contribution is 0.419. The van der Waals surface area contributed by atoms with Gasteiger partial charge in [0.1, 0.15) is 11.3 Å². The smallest absolute Gasteiger partial charge is 0.141 e. The van der Waals surface area contributed by atoms with Gasteiger partial charge in [-0.3, -0.25) is 0 Å². The van der Waals surface area contributed by atoms with E-state index in [0.717, 1.165) is 5.39 Å². The van der Waals surface area contributed by atoms with Gasteiger partial charge < -0.3 is 10.2 Å². The fourth-order valence-electron chi connectivity index (χ4n) is 1.44. The van der Waals surface area contributed by atoms with Crippen LogP contribution in [-0.4, -0.2) is 15.2 Å². The topological polar surface area (TPSA) is 53.4 Å². The summed E-state index contributed by atoms with van der Waals surface area (Å²) in [4.78, 5) is 4.23. The van der Waals surface area contributed by atoms with Crippen molar-refractivity contribution in [3.05, 3.63) is 41.8 Å². The van der Waals surface area contributed by atoms with Crippen LogP contribution in [0.1, 0.15) is 12.6 Å². The Labute approximate surface area is 87.3 Å². The Hall–Kier alpha value is -2.03. The number of aromatic nitrogens is 1. The number of para-hydroxylation sites is 1. The Morgan fingerprint density at radius 3 is 2.80 bits per heavy atom. The number of aliphatic hydroxyl groups excluding tert-OH is 1. The molecule has 0 unspecified atom stereocenters. The molecule has 0 aliphatic rings. The molecule has 3 heteroatoms. The van der Waals surface area contributed by atoms with Gasteiger partial charge in [-0.05, 0) is 19.1 Å². The summed E-state index contributed by atoms with van der Waals surface area (Å²) in [5, 5.41) is 19.6. The summed E-state index contributed by atoms with van der Waals surface area (Å²) in [7, 11) is 0. The van der Waals surface area contributed by atoms with Crippen molar-refractivity contribution in [2.45, 2.75) is 6.92 Å². The van der Waals surface area contributed by atoms with Crippen molar-refractivity contribution in [3.8, 4) is 5.75 Å². The molecule has 2 N–H and O–H groups in total. The average Bonchev–Trinajstić information content (AvgIpc) is 2.18. The van der Waals surface area contributed by atoms with Crippen molar-refractivity contribution < 1.29 is 10.2 Å². The van der Waals surface area contributed by atoms with Crippen LogP contribution in [0.4, 0.5) is 0 Å². The Morgan fingerprint density at radius 1 is 1.27 bits per heavy atom. The average molecular weight is 201 g/mol. The zero-order chi connectivity index (χ0) is 10.8. The van der Waals surface area contributed by atoms with E-state index in [-0.39, 0.29) is 11.5 Å². The molecule has 1 aromatic carbocycles. The third-order valence-electron chi connectivity index (χ3n) is 2.08. The van der Waals surface area contributed by atoms with Crippen molar-refractivity contribution >= 4 is 17.0 Å². The third-order valence-corrected chi connectivity index (χ3v) is 2.08. The molecule has 1 heterocycles. The molecule has 2 aromatic rings. The maximum absolute atomic E-state index is 9.58. The second-order valence-corrected chi connectivity index (χ2v) is 3.37. The first-order valence-electron chi connectivity index (χ1n) is 4.63. The third kappa shape index (κ3) is 1.91. The molecular formula is C12H11NO2. The van der Waals surface area contributed by atoms with Crippen LogP contribution in [0.3, 0.4) is 0 Å². The van der Waals surface area contributed by atoms with Gasteiger partial charge in [0.15, 0.2) is 0 Å². The Bertz CT molecular complexity index is 528. The van der Waals surface area contributed by atoms with E-state index in [0.29, 0.717) is 11.2 Å². The SMILES string of the molecule is C/C(O)=C/c1ccc2cccc(O)c2n1. The molecule has 0 bridgehead atoms. The normalized spacial score (nSPS) is 11.9. The van der Waals surface area contributed by atoms with Gasteiger partial charge >= 0.3 is 0 Å². The summed E-state index contributed by atoms with van der Waals surface area (Å²) in [6.45, 7) is 1.58. The number of fused-ring (bicyclic) bond motifs is 1. The summed E-state index contributed by atoms with van der Waals surface area (Å²) in [5.74, 6) is 0.343. The lowest BCUT2D eigenvalue weighted by Crippen LogP contribution is -1.84. The summed E-state index contributed by atoms with van der Waals surface area (Å²) in [6, 6.07) is 8.89. The first-order chi connectivity index (χ1) is 7.16. The number of benzene rings is 1. The largest absolute Gasteiger partial charge is 0.513 e. The Morgan fingerprint density at radius 2 is 2.07 bits per heavy atom. The number of hydrogen-bond acceptors (Lipinski definition) is 3. The van der Waals surface area contributed by atoms with E-state index in [2.05, 4.69) is 4.98 Å². The molecular weight excluding hydrogens is 190 g/mol. The molecule has 1 aromatic heterocycles. The van der Waals surface area contributed by atoms with Crippen LogP contribution < -0.4 is 0 Å². The van der Waals surface area contributed by atoms with E-state index in [4.69, 9.17) is 5.11 Å². The number of allylic oxidation sites excluding steroid dienone is 1.